The van der Waals surface area contributed by atoms with E-state index in [-0.39, 0.29) is 6.04 Å². The quantitative estimate of drug-likeness (QED) is 0.490. The molecule has 0 radical (unpaired) electrons. The molecule has 4 rings (SSSR count). The molecule has 0 aromatic heterocycles. The van der Waals surface area contributed by atoms with E-state index in [1.807, 2.05) is 37.3 Å². The van der Waals surface area contributed by atoms with Gasteiger partial charge in [0.1, 0.15) is 5.75 Å². The van der Waals surface area contributed by atoms with Crippen LogP contribution in [-0.2, 0) is 0 Å². The van der Waals surface area contributed by atoms with Crippen molar-refractivity contribution in [2.75, 3.05) is 11.6 Å². The molecule has 0 spiro atoms. The smallest absolute Gasteiger partial charge is 0.124 e. The van der Waals surface area contributed by atoms with Crippen LogP contribution >= 0.6 is 15.9 Å². The zero-order chi connectivity index (χ0) is 18.6. The first kappa shape index (κ1) is 17.8. The van der Waals surface area contributed by atoms with Gasteiger partial charge in [0.2, 0.25) is 0 Å². The van der Waals surface area contributed by atoms with Gasteiger partial charge >= 0.3 is 0 Å². The van der Waals surface area contributed by atoms with Crippen molar-refractivity contribution in [3.63, 3.8) is 0 Å². The summed E-state index contributed by atoms with van der Waals surface area (Å²) in [6.07, 6.45) is 0.834. The Hall–Kier alpha value is -2.59. The van der Waals surface area contributed by atoms with E-state index in [4.69, 9.17) is 9.84 Å². The number of anilines is 1. The van der Waals surface area contributed by atoms with Crippen LogP contribution in [0.1, 0.15) is 30.5 Å². The first-order chi connectivity index (χ1) is 13.3. The van der Waals surface area contributed by atoms with Crippen LogP contribution < -0.4 is 9.75 Å². The van der Waals surface area contributed by atoms with E-state index in [0.717, 1.165) is 33.6 Å². The van der Waals surface area contributed by atoms with Crippen molar-refractivity contribution in [3.8, 4) is 5.75 Å². The lowest BCUT2D eigenvalue weighted by Gasteiger charge is -2.25. The van der Waals surface area contributed by atoms with E-state index in [1.54, 1.807) is 0 Å². The number of hydrogen-bond acceptors (Lipinski definition) is 3. The summed E-state index contributed by atoms with van der Waals surface area (Å²) in [6.45, 7) is 2.67. The van der Waals surface area contributed by atoms with Crippen LogP contribution in [0.4, 0.5) is 5.69 Å². The number of rotatable bonds is 5. The summed E-state index contributed by atoms with van der Waals surface area (Å²) in [4.78, 5) is 0. The molecular formula is C23H21BrN2O. The number of halogens is 1. The zero-order valence-corrected chi connectivity index (χ0v) is 16.8. The molecule has 3 nitrogen and oxygen atoms in total. The highest BCUT2D eigenvalue weighted by Crippen LogP contribution is 2.40. The Morgan fingerprint density at radius 3 is 2.41 bits per heavy atom. The largest absolute Gasteiger partial charge is 0.494 e. The fourth-order valence-electron chi connectivity index (χ4n) is 3.43. The molecule has 3 aromatic carbocycles. The van der Waals surface area contributed by atoms with Gasteiger partial charge in [0.15, 0.2) is 0 Å². The number of benzene rings is 3. The fourth-order valence-corrected chi connectivity index (χ4v) is 3.70. The highest BCUT2D eigenvalue weighted by atomic mass is 79.9. The van der Waals surface area contributed by atoms with Gasteiger partial charge in [0.05, 0.1) is 24.0 Å². The van der Waals surface area contributed by atoms with Crippen molar-refractivity contribution in [2.24, 2.45) is 5.10 Å². The van der Waals surface area contributed by atoms with Crippen LogP contribution in [0.15, 0.2) is 88.4 Å². The van der Waals surface area contributed by atoms with E-state index in [1.165, 1.54) is 5.56 Å². The maximum Gasteiger partial charge on any atom is 0.124 e. The SMILES string of the molecule is CCOc1ccccc1[C@@H]1CC(c2ccc(Br)cc2)=NN1c1ccccc1. The highest BCUT2D eigenvalue weighted by Gasteiger charge is 2.31. The number of para-hydroxylation sites is 2. The first-order valence-electron chi connectivity index (χ1n) is 9.15. The molecule has 3 aromatic rings. The van der Waals surface area contributed by atoms with Gasteiger partial charge in [-0.15, -0.1) is 0 Å². The Bertz CT molecular complexity index is 938. The highest BCUT2D eigenvalue weighted by molar-refractivity contribution is 9.10. The standard InChI is InChI=1S/C23H21BrN2O/c1-2-27-23-11-7-6-10-20(23)22-16-21(17-12-14-18(24)15-13-17)25-26(22)19-8-4-3-5-9-19/h3-15,22H,2,16H2,1H3/t22-/m0/s1. The van der Waals surface area contributed by atoms with Gasteiger partial charge in [0.25, 0.3) is 0 Å². The van der Waals surface area contributed by atoms with Crippen molar-refractivity contribution in [2.45, 2.75) is 19.4 Å². The Balaban J connectivity index is 1.76. The molecule has 0 fully saturated rings. The molecular weight excluding hydrogens is 400 g/mol. The second-order valence-corrected chi connectivity index (χ2v) is 7.34. The Kier molecular flexibility index (Phi) is 5.26. The van der Waals surface area contributed by atoms with Crippen LogP contribution in [0.3, 0.4) is 0 Å². The third-order valence-electron chi connectivity index (χ3n) is 4.69. The van der Waals surface area contributed by atoms with Gasteiger partial charge < -0.3 is 4.74 Å². The maximum absolute atomic E-state index is 5.91. The van der Waals surface area contributed by atoms with Crippen LogP contribution in [0, 0.1) is 0 Å². The van der Waals surface area contributed by atoms with Crippen molar-refractivity contribution < 1.29 is 4.74 Å². The Labute approximate surface area is 168 Å². The topological polar surface area (TPSA) is 24.8 Å². The van der Waals surface area contributed by atoms with Crippen molar-refractivity contribution in [1.82, 2.24) is 0 Å². The van der Waals surface area contributed by atoms with E-state index in [2.05, 4.69) is 69.5 Å². The van der Waals surface area contributed by atoms with Gasteiger partial charge in [-0.3, -0.25) is 5.01 Å². The van der Waals surface area contributed by atoms with Crippen molar-refractivity contribution >= 4 is 27.3 Å². The van der Waals surface area contributed by atoms with Gasteiger partial charge in [-0.1, -0.05) is 64.5 Å². The molecule has 0 saturated heterocycles. The molecule has 0 unspecified atom stereocenters. The summed E-state index contributed by atoms with van der Waals surface area (Å²) in [7, 11) is 0. The fraction of sp³-hybridized carbons (Fsp3) is 0.174. The minimum Gasteiger partial charge on any atom is -0.494 e. The molecule has 0 N–H and O–H groups in total. The lowest BCUT2D eigenvalue weighted by atomic mass is 9.97. The lowest BCUT2D eigenvalue weighted by Crippen LogP contribution is -2.19. The van der Waals surface area contributed by atoms with E-state index < -0.39 is 0 Å². The second kappa shape index (κ2) is 7.97. The summed E-state index contributed by atoms with van der Waals surface area (Å²) < 4.78 is 6.98. The molecule has 1 heterocycles. The van der Waals surface area contributed by atoms with E-state index in [0.29, 0.717) is 6.61 Å². The Morgan fingerprint density at radius 1 is 0.963 bits per heavy atom. The summed E-state index contributed by atoms with van der Waals surface area (Å²) >= 11 is 3.51. The predicted molar refractivity (Wildman–Crippen MR) is 115 cm³/mol. The monoisotopic (exact) mass is 420 g/mol. The molecule has 0 amide bonds. The first-order valence-corrected chi connectivity index (χ1v) is 9.95. The molecule has 0 saturated carbocycles. The molecule has 1 atom stereocenters. The van der Waals surface area contributed by atoms with Gasteiger partial charge in [0, 0.05) is 16.5 Å². The summed E-state index contributed by atoms with van der Waals surface area (Å²) in [5.74, 6) is 0.929. The normalized spacial score (nSPS) is 16.3. The van der Waals surface area contributed by atoms with Crippen molar-refractivity contribution in [3.05, 3.63) is 94.5 Å². The molecule has 1 aliphatic rings. The molecule has 4 heteroatoms. The molecule has 1 aliphatic heterocycles. The molecule has 0 bridgehead atoms. The summed E-state index contributed by atoms with van der Waals surface area (Å²) in [6, 6.07) is 27.1. The van der Waals surface area contributed by atoms with E-state index >= 15 is 0 Å². The predicted octanol–water partition coefficient (Wildman–Crippen LogP) is 6.20. The average molecular weight is 421 g/mol. The average Bonchev–Trinajstić information content (AvgIpc) is 3.15. The van der Waals surface area contributed by atoms with Crippen LogP contribution in [0.5, 0.6) is 5.75 Å². The van der Waals surface area contributed by atoms with Crippen LogP contribution in [-0.4, -0.2) is 12.3 Å². The lowest BCUT2D eigenvalue weighted by molar-refractivity contribution is 0.334. The van der Waals surface area contributed by atoms with Crippen molar-refractivity contribution in [1.29, 1.82) is 0 Å². The maximum atomic E-state index is 5.91. The van der Waals surface area contributed by atoms with Gasteiger partial charge in [-0.25, -0.2) is 0 Å². The van der Waals surface area contributed by atoms with Gasteiger partial charge in [-0.05, 0) is 42.8 Å². The Morgan fingerprint density at radius 2 is 1.67 bits per heavy atom. The third-order valence-corrected chi connectivity index (χ3v) is 5.22. The van der Waals surface area contributed by atoms with Crippen LogP contribution in [0.25, 0.3) is 0 Å². The van der Waals surface area contributed by atoms with Gasteiger partial charge in [-0.2, -0.15) is 5.10 Å². The zero-order valence-electron chi connectivity index (χ0n) is 15.2. The summed E-state index contributed by atoms with van der Waals surface area (Å²) in [5, 5.41) is 7.12. The molecule has 136 valence electrons. The van der Waals surface area contributed by atoms with Crippen LogP contribution in [0.2, 0.25) is 0 Å². The summed E-state index contributed by atoms with van der Waals surface area (Å²) in [5.41, 5.74) is 4.48. The third kappa shape index (κ3) is 3.76. The second-order valence-electron chi connectivity index (χ2n) is 6.42. The molecule has 0 aliphatic carbocycles. The molecule has 27 heavy (non-hydrogen) atoms. The number of ether oxygens (including phenoxy) is 1. The number of hydrazone groups is 1. The number of hydrogen-bond donors (Lipinski definition) is 0. The number of nitrogens with zero attached hydrogens (tertiary/aromatic N) is 2. The van der Waals surface area contributed by atoms with E-state index in [9.17, 15) is 0 Å². The minimum atomic E-state index is 0.105. The minimum absolute atomic E-state index is 0.105.